The average Bonchev–Trinajstić information content (AvgIpc) is 3.32. The predicted octanol–water partition coefficient (Wildman–Crippen LogP) is 3.21. The highest BCUT2D eigenvalue weighted by molar-refractivity contribution is 5.85. The molecule has 1 aliphatic rings. The van der Waals surface area contributed by atoms with E-state index >= 15 is 0 Å². The lowest BCUT2D eigenvalue weighted by molar-refractivity contribution is -0.148. The fourth-order valence-electron chi connectivity index (χ4n) is 3.82. The third-order valence-corrected chi connectivity index (χ3v) is 5.79. The lowest BCUT2D eigenvalue weighted by Gasteiger charge is -2.29. The Morgan fingerprint density at radius 3 is 2.32 bits per heavy atom. The monoisotopic (exact) mass is 587 g/mol. The number of nitrogens with two attached hydrogens (primary N) is 1. The van der Waals surface area contributed by atoms with Gasteiger partial charge in [-0.05, 0) is 41.8 Å². The Morgan fingerprint density at radius 1 is 1.00 bits per heavy atom. The van der Waals surface area contributed by atoms with Crippen LogP contribution in [0.5, 0.6) is 11.5 Å². The number of nitrogens with zero attached hydrogens (tertiary/aromatic N) is 4. The van der Waals surface area contributed by atoms with Gasteiger partial charge < -0.3 is 30.5 Å². The second-order valence-electron chi connectivity index (χ2n) is 8.85. The molecule has 1 aliphatic heterocycles. The Bertz CT molecular complexity index is 1460. The molecule has 10 nitrogen and oxygen atoms in total. The molecule has 0 radical (unpaired) electrons. The van der Waals surface area contributed by atoms with E-state index in [2.05, 4.69) is 10.2 Å². The largest absolute Gasteiger partial charge is 0.504 e. The van der Waals surface area contributed by atoms with Crippen LogP contribution in [0, 0.1) is 17.5 Å². The number of carbonyl (C=O) groups excluding carboxylic acids is 1. The van der Waals surface area contributed by atoms with E-state index in [1.165, 1.54) is 29.2 Å². The molecule has 1 aromatic heterocycles. The Labute approximate surface area is 227 Å². The van der Waals surface area contributed by atoms with Gasteiger partial charge in [-0.15, -0.1) is 10.2 Å². The van der Waals surface area contributed by atoms with E-state index in [1.807, 2.05) is 0 Å². The Kier molecular flexibility index (Phi) is 9.59. The molecule has 3 aromatic rings. The van der Waals surface area contributed by atoms with Crippen molar-refractivity contribution in [2.75, 3.05) is 6.54 Å². The molecule has 5 N–H and O–H groups in total. The molecule has 16 heteroatoms. The third-order valence-electron chi connectivity index (χ3n) is 5.79. The molecule has 0 bridgehead atoms. The number of carboxylic acid groups (broad SMARTS) is 1. The Morgan fingerprint density at radius 2 is 1.68 bits per heavy atom. The number of phenols is 2. The number of aromatic hydroxyl groups is 2. The first-order valence-corrected chi connectivity index (χ1v) is 11.7. The van der Waals surface area contributed by atoms with Gasteiger partial charge in [0.25, 0.3) is 0 Å². The van der Waals surface area contributed by atoms with Gasteiger partial charge in [-0.3, -0.25) is 4.79 Å². The highest BCUT2D eigenvalue weighted by atomic mass is 19.4. The quantitative estimate of drug-likeness (QED) is 0.148. The van der Waals surface area contributed by atoms with E-state index in [-0.39, 0.29) is 55.4 Å². The number of halogens is 6. The number of benzene rings is 2. The highest BCUT2D eigenvalue weighted by Gasteiger charge is 2.40. The number of rotatable bonds is 6. The molecular weight excluding hydrogens is 564 g/mol. The van der Waals surface area contributed by atoms with Crippen molar-refractivity contribution in [1.29, 1.82) is 0 Å². The van der Waals surface area contributed by atoms with Crippen LogP contribution in [-0.2, 0) is 35.3 Å². The summed E-state index contributed by atoms with van der Waals surface area (Å²) in [4.78, 5) is 23.8. The van der Waals surface area contributed by atoms with Crippen LogP contribution < -0.4 is 5.73 Å². The van der Waals surface area contributed by atoms with Crippen LogP contribution in [0.3, 0.4) is 0 Å². The fourth-order valence-corrected chi connectivity index (χ4v) is 3.82. The van der Waals surface area contributed by atoms with Gasteiger partial charge in [0.1, 0.15) is 5.82 Å². The number of carbonyl (C=O) groups is 2. The molecule has 220 valence electrons. The standard InChI is InChI=1S/C16H15F6N5O.C9H8O4/c17-10-6-12(19)11(18)4-8(10)3-9(23)5-14(28)26-1-2-27-13(7-26)24-25-15(27)16(20,21)22;10-7-3-1-6(5-8(7)11)2-4-9(12)13/h4,6,9H,1-3,5,7,23H2;1-5,10-11H,(H,12,13)/b;4-2+/t9-;/m1./s1. The lowest BCUT2D eigenvalue weighted by Crippen LogP contribution is -2.42. The van der Waals surface area contributed by atoms with Gasteiger partial charge in [0.05, 0.1) is 6.54 Å². The molecule has 41 heavy (non-hydrogen) atoms. The average molecular weight is 587 g/mol. The minimum absolute atomic E-state index is 0.000783. The zero-order valence-electron chi connectivity index (χ0n) is 20.9. The molecule has 0 saturated heterocycles. The van der Waals surface area contributed by atoms with Gasteiger partial charge >= 0.3 is 12.1 Å². The van der Waals surface area contributed by atoms with Gasteiger partial charge in [-0.25, -0.2) is 18.0 Å². The van der Waals surface area contributed by atoms with E-state index in [0.29, 0.717) is 17.7 Å². The first kappa shape index (κ1) is 30.9. The number of hydrogen-bond donors (Lipinski definition) is 4. The maximum Gasteiger partial charge on any atom is 0.451 e. The summed E-state index contributed by atoms with van der Waals surface area (Å²) in [6.45, 7) is -0.302. The van der Waals surface area contributed by atoms with Gasteiger partial charge in [-0.1, -0.05) is 6.07 Å². The minimum atomic E-state index is -4.64. The van der Waals surface area contributed by atoms with E-state index in [1.54, 1.807) is 0 Å². The number of carboxylic acids is 1. The van der Waals surface area contributed by atoms with Crippen molar-refractivity contribution in [3.63, 3.8) is 0 Å². The molecule has 0 aliphatic carbocycles. The van der Waals surface area contributed by atoms with Gasteiger partial charge in [-0.2, -0.15) is 13.2 Å². The summed E-state index contributed by atoms with van der Waals surface area (Å²) in [5, 5.41) is 32.9. The smallest absolute Gasteiger partial charge is 0.451 e. The third kappa shape index (κ3) is 8.20. The SMILES string of the molecule is N[C@@H](CC(=O)N1CCn2c(nnc2C(F)(F)F)C1)Cc1cc(F)c(F)cc1F.O=C(O)/C=C/c1ccc(O)c(O)c1. The van der Waals surface area contributed by atoms with E-state index in [4.69, 9.17) is 21.1 Å². The van der Waals surface area contributed by atoms with Crippen LogP contribution in [-0.4, -0.2) is 59.4 Å². The summed E-state index contributed by atoms with van der Waals surface area (Å²) in [5.74, 6) is -6.71. The molecule has 0 saturated carbocycles. The van der Waals surface area contributed by atoms with Crippen molar-refractivity contribution < 1.29 is 51.3 Å². The van der Waals surface area contributed by atoms with Gasteiger partial charge in [0.15, 0.2) is 29.0 Å². The summed E-state index contributed by atoms with van der Waals surface area (Å²) in [7, 11) is 0. The number of aliphatic carboxylic acids is 1. The molecule has 0 fully saturated rings. The molecule has 1 amide bonds. The molecule has 1 atom stereocenters. The van der Waals surface area contributed by atoms with E-state index < -0.39 is 47.4 Å². The van der Waals surface area contributed by atoms with Crippen LogP contribution >= 0.6 is 0 Å². The summed E-state index contributed by atoms with van der Waals surface area (Å²) < 4.78 is 79.3. The van der Waals surface area contributed by atoms with Crippen molar-refractivity contribution in [2.45, 2.75) is 38.1 Å². The summed E-state index contributed by atoms with van der Waals surface area (Å²) in [6, 6.07) is 4.24. The summed E-state index contributed by atoms with van der Waals surface area (Å²) in [6.07, 6.45) is -2.84. The number of hydrogen-bond acceptors (Lipinski definition) is 7. The predicted molar refractivity (Wildman–Crippen MR) is 129 cm³/mol. The van der Waals surface area contributed by atoms with Gasteiger partial charge in [0, 0.05) is 37.7 Å². The van der Waals surface area contributed by atoms with Gasteiger partial charge in [0.2, 0.25) is 11.7 Å². The summed E-state index contributed by atoms with van der Waals surface area (Å²) in [5.41, 5.74) is 6.15. The second kappa shape index (κ2) is 12.7. The van der Waals surface area contributed by atoms with Crippen molar-refractivity contribution in [1.82, 2.24) is 19.7 Å². The zero-order valence-corrected chi connectivity index (χ0v) is 20.9. The highest BCUT2D eigenvalue weighted by Crippen LogP contribution is 2.29. The zero-order chi connectivity index (χ0) is 30.5. The molecule has 2 heterocycles. The lowest BCUT2D eigenvalue weighted by atomic mass is 10.0. The number of fused-ring (bicyclic) bond motifs is 1. The number of phenolic OH excluding ortho intramolecular Hbond substituents is 2. The fraction of sp³-hybridized carbons (Fsp3) is 0.280. The number of amides is 1. The molecule has 0 unspecified atom stereocenters. The van der Waals surface area contributed by atoms with Crippen molar-refractivity contribution in [3.8, 4) is 11.5 Å². The molecule has 4 rings (SSSR count). The molecular formula is C25H23F6N5O5. The van der Waals surface area contributed by atoms with Crippen LogP contribution in [0.2, 0.25) is 0 Å². The maximum absolute atomic E-state index is 13.7. The first-order valence-electron chi connectivity index (χ1n) is 11.7. The van der Waals surface area contributed by atoms with Crippen LogP contribution in [0.25, 0.3) is 6.08 Å². The summed E-state index contributed by atoms with van der Waals surface area (Å²) >= 11 is 0. The normalized spacial score (nSPS) is 13.9. The van der Waals surface area contributed by atoms with Crippen LogP contribution in [0.4, 0.5) is 26.3 Å². The van der Waals surface area contributed by atoms with Crippen molar-refractivity contribution in [3.05, 3.63) is 76.6 Å². The van der Waals surface area contributed by atoms with Crippen LogP contribution in [0.15, 0.2) is 36.4 Å². The van der Waals surface area contributed by atoms with E-state index in [0.717, 1.165) is 10.6 Å². The second-order valence-corrected chi connectivity index (χ2v) is 8.85. The number of alkyl halides is 3. The maximum atomic E-state index is 13.7. The minimum Gasteiger partial charge on any atom is -0.504 e. The number of aromatic nitrogens is 3. The van der Waals surface area contributed by atoms with E-state index in [9.17, 15) is 35.9 Å². The Balaban J connectivity index is 0.000000298. The molecule has 0 spiro atoms. The topological polar surface area (TPSA) is 155 Å². The molecule has 2 aromatic carbocycles. The van der Waals surface area contributed by atoms with Crippen molar-refractivity contribution >= 4 is 18.0 Å². The van der Waals surface area contributed by atoms with Crippen molar-refractivity contribution in [2.24, 2.45) is 5.73 Å². The first-order chi connectivity index (χ1) is 19.1. The Hall–Kier alpha value is -4.60. The van der Waals surface area contributed by atoms with Crippen LogP contribution in [0.1, 0.15) is 29.2 Å².